The van der Waals surface area contributed by atoms with Crippen LogP contribution in [0.25, 0.3) is 0 Å². The van der Waals surface area contributed by atoms with Crippen LogP contribution in [0, 0.1) is 5.82 Å². The average molecular weight is 251 g/mol. The molecule has 1 aliphatic carbocycles. The molecule has 0 aliphatic heterocycles. The van der Waals surface area contributed by atoms with Crippen LogP contribution in [-0.2, 0) is 9.53 Å². The summed E-state index contributed by atoms with van der Waals surface area (Å²) >= 11 is 0. The fraction of sp³-hybridized carbons (Fsp3) is 0.500. The number of hydrogen-bond donors (Lipinski definition) is 1. The topological polar surface area (TPSA) is 38.3 Å². The molecule has 0 amide bonds. The van der Waals surface area contributed by atoms with Gasteiger partial charge in [0, 0.05) is 6.04 Å². The smallest absolute Gasteiger partial charge is 0.327 e. The number of halogens is 1. The number of rotatable bonds is 4. The third-order valence-electron chi connectivity index (χ3n) is 3.38. The minimum atomic E-state index is -0.575. The van der Waals surface area contributed by atoms with E-state index in [0.29, 0.717) is 11.6 Å². The molecule has 0 aromatic heterocycles. The van der Waals surface area contributed by atoms with Gasteiger partial charge in [0.1, 0.15) is 11.9 Å². The number of esters is 1. The van der Waals surface area contributed by atoms with E-state index in [-0.39, 0.29) is 11.8 Å². The van der Waals surface area contributed by atoms with Crippen molar-refractivity contribution < 1.29 is 13.9 Å². The van der Waals surface area contributed by atoms with Gasteiger partial charge in [-0.1, -0.05) is 25.0 Å². The van der Waals surface area contributed by atoms with E-state index in [1.54, 1.807) is 12.1 Å². The largest absolute Gasteiger partial charge is 0.468 e. The molecule has 0 saturated heterocycles. The Morgan fingerprint density at radius 2 is 2.17 bits per heavy atom. The zero-order valence-electron chi connectivity index (χ0n) is 10.5. The summed E-state index contributed by atoms with van der Waals surface area (Å²) in [6, 6.07) is 5.84. The van der Waals surface area contributed by atoms with Gasteiger partial charge in [-0.2, -0.15) is 0 Å². The molecule has 18 heavy (non-hydrogen) atoms. The van der Waals surface area contributed by atoms with Crippen molar-refractivity contribution >= 4 is 5.97 Å². The zero-order valence-corrected chi connectivity index (χ0v) is 10.5. The lowest BCUT2D eigenvalue weighted by atomic mass is 10.1. The summed E-state index contributed by atoms with van der Waals surface area (Å²) in [7, 11) is 1.35. The Hall–Kier alpha value is -1.42. The molecule has 98 valence electrons. The van der Waals surface area contributed by atoms with Crippen LogP contribution in [0.3, 0.4) is 0 Å². The number of methoxy groups -OCH3 is 1. The third-order valence-corrected chi connectivity index (χ3v) is 3.38. The van der Waals surface area contributed by atoms with Gasteiger partial charge in [-0.05, 0) is 30.5 Å². The van der Waals surface area contributed by atoms with Gasteiger partial charge in [0.25, 0.3) is 0 Å². The van der Waals surface area contributed by atoms with Crippen LogP contribution in [-0.4, -0.2) is 19.1 Å². The molecule has 4 heteroatoms. The highest BCUT2D eigenvalue weighted by atomic mass is 19.1. The predicted octanol–water partition coefficient (Wildman–Crippen LogP) is 2.57. The van der Waals surface area contributed by atoms with Crippen molar-refractivity contribution in [3.05, 3.63) is 35.6 Å². The first-order valence-electron chi connectivity index (χ1n) is 6.30. The summed E-state index contributed by atoms with van der Waals surface area (Å²) in [6.45, 7) is 0. The molecule has 1 aliphatic rings. The SMILES string of the molecule is COC(=O)C(NC1CCCC1)c1cccc(F)c1. The molecule has 0 spiro atoms. The maximum absolute atomic E-state index is 13.2. The summed E-state index contributed by atoms with van der Waals surface area (Å²) in [4.78, 5) is 11.8. The second-order valence-electron chi connectivity index (χ2n) is 4.66. The summed E-state index contributed by atoms with van der Waals surface area (Å²) in [5.41, 5.74) is 0.619. The van der Waals surface area contributed by atoms with E-state index in [4.69, 9.17) is 4.74 Å². The van der Waals surface area contributed by atoms with Crippen LogP contribution in [0.4, 0.5) is 4.39 Å². The lowest BCUT2D eigenvalue weighted by molar-refractivity contribution is -0.143. The van der Waals surface area contributed by atoms with E-state index in [2.05, 4.69) is 5.32 Å². The molecule has 0 bridgehead atoms. The molecular formula is C14H18FNO2. The molecule has 1 aromatic rings. The first kappa shape index (κ1) is 13.0. The Labute approximate surface area is 106 Å². The van der Waals surface area contributed by atoms with Crippen molar-refractivity contribution in [2.75, 3.05) is 7.11 Å². The first-order valence-corrected chi connectivity index (χ1v) is 6.30. The first-order chi connectivity index (χ1) is 8.70. The van der Waals surface area contributed by atoms with Crippen molar-refractivity contribution in [1.82, 2.24) is 5.32 Å². The molecule has 2 rings (SSSR count). The number of carbonyl (C=O) groups excluding carboxylic acids is 1. The van der Waals surface area contributed by atoms with Gasteiger partial charge >= 0.3 is 5.97 Å². The van der Waals surface area contributed by atoms with E-state index in [1.807, 2.05) is 0 Å². The molecule has 1 atom stereocenters. The molecule has 3 nitrogen and oxygen atoms in total. The van der Waals surface area contributed by atoms with Gasteiger partial charge in [-0.3, -0.25) is 5.32 Å². The maximum atomic E-state index is 13.2. The number of carbonyl (C=O) groups is 1. The van der Waals surface area contributed by atoms with Gasteiger partial charge in [0.15, 0.2) is 0 Å². The fourth-order valence-corrected chi connectivity index (χ4v) is 2.43. The van der Waals surface area contributed by atoms with Crippen LogP contribution < -0.4 is 5.32 Å². The van der Waals surface area contributed by atoms with E-state index in [0.717, 1.165) is 12.8 Å². The van der Waals surface area contributed by atoms with Crippen LogP contribution in [0.2, 0.25) is 0 Å². The van der Waals surface area contributed by atoms with Gasteiger partial charge in [-0.25, -0.2) is 9.18 Å². The molecule has 0 radical (unpaired) electrons. The Bertz CT molecular complexity index is 416. The molecule has 1 N–H and O–H groups in total. The zero-order chi connectivity index (χ0) is 13.0. The Balaban J connectivity index is 2.16. The van der Waals surface area contributed by atoms with E-state index in [9.17, 15) is 9.18 Å². The molecule has 1 unspecified atom stereocenters. The predicted molar refractivity (Wildman–Crippen MR) is 66.5 cm³/mol. The molecular weight excluding hydrogens is 233 g/mol. The van der Waals surface area contributed by atoms with Gasteiger partial charge in [0.05, 0.1) is 7.11 Å². The Morgan fingerprint density at radius 1 is 1.44 bits per heavy atom. The van der Waals surface area contributed by atoms with Crippen LogP contribution in [0.5, 0.6) is 0 Å². The lowest BCUT2D eigenvalue weighted by Gasteiger charge is -2.21. The quantitative estimate of drug-likeness (QED) is 0.836. The monoisotopic (exact) mass is 251 g/mol. The maximum Gasteiger partial charge on any atom is 0.327 e. The molecule has 1 aromatic carbocycles. The minimum Gasteiger partial charge on any atom is -0.468 e. The highest BCUT2D eigenvalue weighted by molar-refractivity contribution is 5.77. The van der Waals surface area contributed by atoms with Crippen molar-refractivity contribution in [1.29, 1.82) is 0 Å². The van der Waals surface area contributed by atoms with Crippen LogP contribution in [0.1, 0.15) is 37.3 Å². The second-order valence-corrected chi connectivity index (χ2v) is 4.66. The highest BCUT2D eigenvalue weighted by Crippen LogP contribution is 2.23. The van der Waals surface area contributed by atoms with Gasteiger partial charge in [-0.15, -0.1) is 0 Å². The van der Waals surface area contributed by atoms with E-state index in [1.165, 1.54) is 32.1 Å². The number of benzene rings is 1. The second kappa shape index (κ2) is 5.96. The third kappa shape index (κ3) is 3.07. The summed E-state index contributed by atoms with van der Waals surface area (Å²) in [6.07, 6.45) is 4.47. The summed E-state index contributed by atoms with van der Waals surface area (Å²) in [5.74, 6) is -0.706. The van der Waals surface area contributed by atoms with Gasteiger partial charge in [0.2, 0.25) is 0 Å². The molecule has 1 saturated carbocycles. The summed E-state index contributed by atoms with van der Waals surface area (Å²) in [5, 5.41) is 3.27. The Morgan fingerprint density at radius 3 is 2.78 bits per heavy atom. The molecule has 0 heterocycles. The normalized spacial score (nSPS) is 17.7. The number of ether oxygens (including phenoxy) is 1. The average Bonchev–Trinajstić information content (AvgIpc) is 2.88. The molecule has 1 fully saturated rings. The Kier molecular flexibility index (Phi) is 4.31. The number of hydrogen-bond acceptors (Lipinski definition) is 3. The van der Waals surface area contributed by atoms with Crippen LogP contribution in [0.15, 0.2) is 24.3 Å². The van der Waals surface area contributed by atoms with Crippen molar-refractivity contribution in [3.8, 4) is 0 Å². The van der Waals surface area contributed by atoms with E-state index < -0.39 is 6.04 Å². The van der Waals surface area contributed by atoms with Crippen molar-refractivity contribution in [3.63, 3.8) is 0 Å². The lowest BCUT2D eigenvalue weighted by Crippen LogP contribution is -2.36. The van der Waals surface area contributed by atoms with Crippen molar-refractivity contribution in [2.45, 2.75) is 37.8 Å². The van der Waals surface area contributed by atoms with Gasteiger partial charge < -0.3 is 4.74 Å². The summed E-state index contributed by atoms with van der Waals surface area (Å²) < 4.78 is 18.0. The highest BCUT2D eigenvalue weighted by Gasteiger charge is 2.26. The minimum absolute atomic E-state index is 0.317. The fourth-order valence-electron chi connectivity index (χ4n) is 2.43. The van der Waals surface area contributed by atoms with E-state index >= 15 is 0 Å². The van der Waals surface area contributed by atoms with Crippen molar-refractivity contribution in [2.24, 2.45) is 0 Å². The standard InChI is InChI=1S/C14H18FNO2/c1-18-14(17)13(16-12-7-2-3-8-12)10-5-4-6-11(15)9-10/h4-6,9,12-13,16H,2-3,7-8H2,1H3. The van der Waals surface area contributed by atoms with Crippen LogP contribution >= 0.6 is 0 Å². The number of nitrogens with one attached hydrogen (secondary N) is 1.